The van der Waals surface area contributed by atoms with E-state index >= 15 is 0 Å². The summed E-state index contributed by atoms with van der Waals surface area (Å²) in [5.74, 6) is -1.20. The minimum atomic E-state index is -0.750. The molecule has 1 heterocycles. The molecule has 20 heavy (non-hydrogen) atoms. The molecule has 1 aliphatic rings. The average molecular weight is 276 g/mol. The Morgan fingerprint density at radius 3 is 2.75 bits per heavy atom. The maximum atomic E-state index is 11.5. The third-order valence-electron chi connectivity index (χ3n) is 3.94. The molecule has 0 saturated carbocycles. The monoisotopic (exact) mass is 276 g/mol. The van der Waals surface area contributed by atoms with Crippen LogP contribution in [0.3, 0.4) is 0 Å². The van der Waals surface area contributed by atoms with Crippen molar-refractivity contribution in [2.75, 3.05) is 26.7 Å². The summed E-state index contributed by atoms with van der Waals surface area (Å²) in [6, 6.07) is 10.00. The lowest BCUT2D eigenvalue weighted by molar-refractivity contribution is -0.139. The third-order valence-corrected chi connectivity index (χ3v) is 3.94. The van der Waals surface area contributed by atoms with Crippen molar-refractivity contribution in [1.29, 1.82) is 0 Å². The number of hydrogen-bond acceptors (Lipinski definition) is 3. The molecule has 0 spiro atoms. The Hall–Kier alpha value is -1.39. The Bertz CT molecular complexity index is 416. The van der Waals surface area contributed by atoms with Gasteiger partial charge in [0.1, 0.15) is 0 Å². The summed E-state index contributed by atoms with van der Waals surface area (Å²) in [4.78, 5) is 13.6. The van der Waals surface area contributed by atoms with E-state index in [1.165, 1.54) is 19.3 Å². The van der Waals surface area contributed by atoms with E-state index in [0.29, 0.717) is 12.6 Å². The van der Waals surface area contributed by atoms with Gasteiger partial charge in [0, 0.05) is 19.1 Å². The van der Waals surface area contributed by atoms with Crippen molar-refractivity contribution in [2.45, 2.75) is 31.2 Å². The number of carboxylic acids is 1. The van der Waals surface area contributed by atoms with Crippen molar-refractivity contribution in [3.8, 4) is 0 Å². The average Bonchev–Trinajstić information content (AvgIpc) is 2.46. The first kappa shape index (κ1) is 15.0. The summed E-state index contributed by atoms with van der Waals surface area (Å²) in [7, 11) is 2.01. The van der Waals surface area contributed by atoms with Gasteiger partial charge in [0.25, 0.3) is 0 Å². The van der Waals surface area contributed by atoms with E-state index in [0.717, 1.165) is 18.7 Å². The summed E-state index contributed by atoms with van der Waals surface area (Å²) >= 11 is 0. The Morgan fingerprint density at radius 1 is 1.40 bits per heavy atom. The molecule has 2 rings (SSSR count). The number of nitrogens with zero attached hydrogens (tertiary/aromatic N) is 1. The van der Waals surface area contributed by atoms with Crippen LogP contribution >= 0.6 is 0 Å². The summed E-state index contributed by atoms with van der Waals surface area (Å²) in [6.07, 6.45) is 3.71. The van der Waals surface area contributed by atoms with Crippen LogP contribution in [0.5, 0.6) is 0 Å². The molecule has 4 heteroatoms. The smallest absolute Gasteiger partial charge is 0.312 e. The molecule has 1 saturated heterocycles. The van der Waals surface area contributed by atoms with Crippen LogP contribution in [-0.2, 0) is 4.79 Å². The normalized spacial score (nSPS) is 20.8. The maximum absolute atomic E-state index is 11.5. The Balaban J connectivity index is 1.92. The zero-order chi connectivity index (χ0) is 14.4. The largest absolute Gasteiger partial charge is 0.481 e. The van der Waals surface area contributed by atoms with Crippen LogP contribution < -0.4 is 5.32 Å². The summed E-state index contributed by atoms with van der Waals surface area (Å²) in [5.41, 5.74) is 0.878. The first-order valence-corrected chi connectivity index (χ1v) is 7.36. The molecule has 0 bridgehead atoms. The van der Waals surface area contributed by atoms with Crippen molar-refractivity contribution in [2.24, 2.45) is 0 Å². The summed E-state index contributed by atoms with van der Waals surface area (Å²) < 4.78 is 0. The second-order valence-corrected chi connectivity index (χ2v) is 5.67. The molecule has 0 amide bonds. The molecule has 0 aromatic heterocycles. The van der Waals surface area contributed by atoms with Gasteiger partial charge in [0.05, 0.1) is 5.92 Å². The van der Waals surface area contributed by atoms with Crippen LogP contribution in [0.15, 0.2) is 30.3 Å². The second kappa shape index (κ2) is 7.41. The SMILES string of the molecule is CN(CC1CCCCN1)CC(C(=O)O)c1ccccc1. The zero-order valence-corrected chi connectivity index (χ0v) is 12.1. The van der Waals surface area contributed by atoms with Gasteiger partial charge in [-0.05, 0) is 32.0 Å². The van der Waals surface area contributed by atoms with E-state index in [-0.39, 0.29) is 0 Å². The molecular weight excluding hydrogens is 252 g/mol. The highest BCUT2D eigenvalue weighted by Gasteiger charge is 2.23. The zero-order valence-electron chi connectivity index (χ0n) is 12.1. The van der Waals surface area contributed by atoms with Gasteiger partial charge in [-0.25, -0.2) is 0 Å². The highest BCUT2D eigenvalue weighted by Crippen LogP contribution is 2.17. The Kier molecular flexibility index (Phi) is 5.56. The number of benzene rings is 1. The number of likely N-dealkylation sites (N-methyl/N-ethyl adjacent to an activating group) is 1. The molecule has 4 nitrogen and oxygen atoms in total. The van der Waals surface area contributed by atoms with Gasteiger partial charge >= 0.3 is 5.97 Å². The van der Waals surface area contributed by atoms with Gasteiger partial charge in [-0.1, -0.05) is 36.8 Å². The molecular formula is C16H24N2O2. The molecule has 1 aromatic carbocycles. The number of carboxylic acid groups (broad SMARTS) is 1. The second-order valence-electron chi connectivity index (χ2n) is 5.67. The molecule has 2 unspecified atom stereocenters. The predicted octanol–water partition coefficient (Wildman–Crippen LogP) is 1.93. The van der Waals surface area contributed by atoms with E-state index < -0.39 is 11.9 Å². The Labute approximate surface area is 120 Å². The minimum Gasteiger partial charge on any atom is -0.481 e. The van der Waals surface area contributed by atoms with Crippen LogP contribution in [0.2, 0.25) is 0 Å². The summed E-state index contributed by atoms with van der Waals surface area (Å²) in [6.45, 7) is 2.55. The highest BCUT2D eigenvalue weighted by molar-refractivity contribution is 5.76. The lowest BCUT2D eigenvalue weighted by Crippen LogP contribution is -2.43. The van der Waals surface area contributed by atoms with Crippen molar-refractivity contribution < 1.29 is 9.90 Å². The molecule has 1 aliphatic heterocycles. The van der Waals surface area contributed by atoms with E-state index in [2.05, 4.69) is 10.2 Å². The number of aliphatic carboxylic acids is 1. The van der Waals surface area contributed by atoms with Gasteiger partial charge < -0.3 is 15.3 Å². The number of hydrogen-bond donors (Lipinski definition) is 2. The number of piperidine rings is 1. The number of nitrogens with one attached hydrogen (secondary N) is 1. The van der Waals surface area contributed by atoms with Gasteiger partial charge in [-0.3, -0.25) is 4.79 Å². The fraction of sp³-hybridized carbons (Fsp3) is 0.562. The van der Waals surface area contributed by atoms with Crippen molar-refractivity contribution >= 4 is 5.97 Å². The van der Waals surface area contributed by atoms with Gasteiger partial charge in [0.15, 0.2) is 0 Å². The molecule has 0 radical (unpaired) electrons. The van der Waals surface area contributed by atoms with Crippen LogP contribution in [0.4, 0.5) is 0 Å². The molecule has 110 valence electrons. The summed E-state index contributed by atoms with van der Waals surface area (Å²) in [5, 5.41) is 12.9. The van der Waals surface area contributed by atoms with Gasteiger partial charge in [0.2, 0.25) is 0 Å². The molecule has 0 aliphatic carbocycles. The van der Waals surface area contributed by atoms with Gasteiger partial charge in [-0.2, -0.15) is 0 Å². The van der Waals surface area contributed by atoms with Gasteiger partial charge in [-0.15, -0.1) is 0 Å². The number of rotatable bonds is 6. The predicted molar refractivity (Wildman–Crippen MR) is 80.0 cm³/mol. The fourth-order valence-electron chi connectivity index (χ4n) is 2.85. The van der Waals surface area contributed by atoms with Crippen LogP contribution in [0, 0.1) is 0 Å². The van der Waals surface area contributed by atoms with Crippen molar-refractivity contribution in [3.63, 3.8) is 0 Å². The molecule has 2 N–H and O–H groups in total. The minimum absolute atomic E-state index is 0.454. The third kappa shape index (κ3) is 4.32. The lowest BCUT2D eigenvalue weighted by Gasteiger charge is -2.29. The van der Waals surface area contributed by atoms with Crippen LogP contribution in [-0.4, -0.2) is 48.7 Å². The van der Waals surface area contributed by atoms with Crippen LogP contribution in [0.1, 0.15) is 30.7 Å². The lowest BCUT2D eigenvalue weighted by atomic mass is 9.98. The van der Waals surface area contributed by atoms with Crippen molar-refractivity contribution in [1.82, 2.24) is 10.2 Å². The van der Waals surface area contributed by atoms with E-state index in [4.69, 9.17) is 0 Å². The van der Waals surface area contributed by atoms with Crippen molar-refractivity contribution in [3.05, 3.63) is 35.9 Å². The number of carbonyl (C=O) groups is 1. The standard InChI is InChI=1S/C16H24N2O2/c1-18(11-14-9-5-6-10-17-14)12-15(16(19)20)13-7-3-2-4-8-13/h2-4,7-8,14-15,17H,5-6,9-12H2,1H3,(H,19,20). The Morgan fingerprint density at radius 2 is 2.15 bits per heavy atom. The first-order chi connectivity index (χ1) is 9.66. The van der Waals surface area contributed by atoms with Crippen LogP contribution in [0.25, 0.3) is 0 Å². The van der Waals surface area contributed by atoms with E-state index in [1.54, 1.807) is 0 Å². The van der Waals surface area contributed by atoms with E-state index in [1.807, 2.05) is 37.4 Å². The fourth-order valence-corrected chi connectivity index (χ4v) is 2.85. The first-order valence-electron chi connectivity index (χ1n) is 7.36. The quantitative estimate of drug-likeness (QED) is 0.833. The topological polar surface area (TPSA) is 52.6 Å². The maximum Gasteiger partial charge on any atom is 0.312 e. The molecule has 2 atom stereocenters. The molecule has 1 aromatic rings. The highest BCUT2D eigenvalue weighted by atomic mass is 16.4. The van der Waals surface area contributed by atoms with E-state index in [9.17, 15) is 9.90 Å². The molecule has 1 fully saturated rings.